The van der Waals surface area contributed by atoms with Crippen molar-refractivity contribution in [3.8, 4) is 0 Å². The summed E-state index contributed by atoms with van der Waals surface area (Å²) >= 11 is 0. The highest BCUT2D eigenvalue weighted by Crippen LogP contribution is 2.17. The van der Waals surface area contributed by atoms with Gasteiger partial charge in [-0.05, 0) is 13.8 Å². The van der Waals surface area contributed by atoms with Crippen LogP contribution in [0, 0.1) is 6.92 Å². The maximum Gasteiger partial charge on any atom is 0.274 e. The fourth-order valence-electron chi connectivity index (χ4n) is 1.50. The largest absolute Gasteiger partial charge is 0.448 e. The van der Waals surface area contributed by atoms with E-state index in [4.69, 9.17) is 8.83 Å². The Balaban J connectivity index is 2.06. The fraction of sp³-hybridized carbons (Fsp3) is 0.500. The number of carbonyl (C=O) groups is 1. The van der Waals surface area contributed by atoms with E-state index in [1.165, 1.54) is 6.39 Å². The van der Waals surface area contributed by atoms with E-state index < -0.39 is 0 Å². The van der Waals surface area contributed by atoms with Gasteiger partial charge in [-0.3, -0.25) is 4.79 Å². The van der Waals surface area contributed by atoms with Crippen molar-refractivity contribution in [1.82, 2.24) is 20.5 Å². The monoisotopic (exact) mass is 264 g/mol. The summed E-state index contributed by atoms with van der Waals surface area (Å²) in [6.45, 7) is 7.36. The van der Waals surface area contributed by atoms with Crippen molar-refractivity contribution in [2.75, 3.05) is 0 Å². The van der Waals surface area contributed by atoms with Crippen molar-refractivity contribution in [3.63, 3.8) is 0 Å². The zero-order valence-corrected chi connectivity index (χ0v) is 11.3. The Hall–Kier alpha value is -2.18. The molecule has 2 aromatic heterocycles. The van der Waals surface area contributed by atoms with E-state index in [9.17, 15) is 4.79 Å². The third kappa shape index (κ3) is 2.81. The Morgan fingerprint density at radius 1 is 1.26 bits per heavy atom. The van der Waals surface area contributed by atoms with E-state index in [1.807, 2.05) is 13.8 Å². The summed E-state index contributed by atoms with van der Waals surface area (Å²) in [5.74, 6) is 1.22. The zero-order valence-electron chi connectivity index (χ0n) is 11.3. The second-order valence-electron chi connectivity index (χ2n) is 4.59. The molecule has 0 fully saturated rings. The van der Waals surface area contributed by atoms with Crippen LogP contribution >= 0.6 is 0 Å². The number of rotatable bonds is 4. The first-order valence-corrected chi connectivity index (χ1v) is 6.03. The summed E-state index contributed by atoms with van der Waals surface area (Å²) < 4.78 is 10.5. The van der Waals surface area contributed by atoms with E-state index in [1.54, 1.807) is 13.8 Å². The number of hydrogen-bond acceptors (Lipinski definition) is 6. The van der Waals surface area contributed by atoms with Crippen molar-refractivity contribution in [2.45, 2.75) is 39.7 Å². The molecule has 0 spiro atoms. The summed E-state index contributed by atoms with van der Waals surface area (Å²) in [6.07, 6.45) is 1.23. The first-order chi connectivity index (χ1) is 8.99. The van der Waals surface area contributed by atoms with Crippen LogP contribution in [0.2, 0.25) is 0 Å². The molecule has 0 unspecified atom stereocenters. The van der Waals surface area contributed by atoms with E-state index in [0.29, 0.717) is 17.5 Å². The average molecular weight is 264 g/mol. The van der Waals surface area contributed by atoms with Crippen LogP contribution in [0.4, 0.5) is 0 Å². The standard InChI is InChI=1S/C12H16N4O3/c1-6(2)11-15-16-12(19-11)7(3)14-10(17)9-8(4)18-5-13-9/h5-7H,1-4H3,(H,14,17)/t7-/m0/s1. The summed E-state index contributed by atoms with van der Waals surface area (Å²) in [6, 6.07) is -0.386. The lowest BCUT2D eigenvalue weighted by atomic mass is 10.2. The molecule has 1 amide bonds. The highest BCUT2D eigenvalue weighted by atomic mass is 16.4. The van der Waals surface area contributed by atoms with Gasteiger partial charge in [-0.1, -0.05) is 13.8 Å². The third-order valence-electron chi connectivity index (χ3n) is 2.63. The van der Waals surface area contributed by atoms with Gasteiger partial charge in [0, 0.05) is 5.92 Å². The molecule has 0 aliphatic heterocycles. The SMILES string of the molecule is Cc1ocnc1C(=O)N[C@@H](C)c1nnc(C(C)C)o1. The van der Waals surface area contributed by atoms with Gasteiger partial charge in [-0.2, -0.15) is 0 Å². The van der Waals surface area contributed by atoms with Crippen LogP contribution in [-0.2, 0) is 0 Å². The molecule has 2 aromatic rings. The molecule has 2 rings (SSSR count). The molecule has 0 aliphatic rings. The number of nitrogens with one attached hydrogen (secondary N) is 1. The summed E-state index contributed by atoms with van der Waals surface area (Å²) in [5, 5.41) is 10.6. The van der Waals surface area contributed by atoms with Crippen LogP contribution in [0.5, 0.6) is 0 Å². The number of carbonyl (C=O) groups excluding carboxylic acids is 1. The van der Waals surface area contributed by atoms with Gasteiger partial charge in [0.25, 0.3) is 5.91 Å². The predicted molar refractivity (Wildman–Crippen MR) is 65.5 cm³/mol. The van der Waals surface area contributed by atoms with E-state index >= 15 is 0 Å². The summed E-state index contributed by atoms with van der Waals surface area (Å²) in [7, 11) is 0. The Kier molecular flexibility index (Phi) is 3.64. The Bertz CT molecular complexity index is 573. The number of nitrogens with zero attached hydrogens (tertiary/aromatic N) is 3. The summed E-state index contributed by atoms with van der Waals surface area (Å²) in [4.78, 5) is 15.8. The van der Waals surface area contributed by atoms with Gasteiger partial charge in [-0.25, -0.2) is 4.98 Å². The van der Waals surface area contributed by atoms with Crippen LogP contribution in [0.3, 0.4) is 0 Å². The van der Waals surface area contributed by atoms with Crippen molar-refractivity contribution in [2.24, 2.45) is 0 Å². The van der Waals surface area contributed by atoms with Gasteiger partial charge in [0.1, 0.15) is 11.8 Å². The molecule has 2 heterocycles. The highest BCUT2D eigenvalue weighted by molar-refractivity contribution is 5.93. The van der Waals surface area contributed by atoms with Crippen LogP contribution < -0.4 is 5.32 Å². The van der Waals surface area contributed by atoms with Crippen LogP contribution in [0.1, 0.15) is 60.8 Å². The molecule has 0 radical (unpaired) electrons. The van der Waals surface area contributed by atoms with E-state index in [0.717, 1.165) is 0 Å². The van der Waals surface area contributed by atoms with Crippen LogP contribution in [0.15, 0.2) is 15.2 Å². The van der Waals surface area contributed by atoms with Gasteiger partial charge < -0.3 is 14.2 Å². The number of hydrogen-bond donors (Lipinski definition) is 1. The first-order valence-electron chi connectivity index (χ1n) is 6.03. The van der Waals surface area contributed by atoms with Crippen molar-refractivity contribution >= 4 is 5.91 Å². The van der Waals surface area contributed by atoms with Crippen LogP contribution in [0.25, 0.3) is 0 Å². The lowest BCUT2D eigenvalue weighted by Crippen LogP contribution is -2.27. The number of aromatic nitrogens is 3. The van der Waals surface area contributed by atoms with Gasteiger partial charge in [-0.15, -0.1) is 10.2 Å². The topological polar surface area (TPSA) is 94.1 Å². The fourth-order valence-corrected chi connectivity index (χ4v) is 1.50. The average Bonchev–Trinajstić information content (AvgIpc) is 2.96. The molecule has 1 atom stereocenters. The maximum atomic E-state index is 11.9. The Morgan fingerprint density at radius 3 is 2.47 bits per heavy atom. The molecule has 0 saturated heterocycles. The molecular weight excluding hydrogens is 248 g/mol. The van der Waals surface area contributed by atoms with Gasteiger partial charge in [0.05, 0.1) is 0 Å². The first kappa shape index (κ1) is 13.3. The third-order valence-corrected chi connectivity index (χ3v) is 2.63. The molecule has 1 N–H and O–H groups in total. The maximum absolute atomic E-state index is 11.9. The number of aryl methyl sites for hydroxylation is 1. The molecule has 0 aliphatic carbocycles. The quantitative estimate of drug-likeness (QED) is 0.907. The van der Waals surface area contributed by atoms with Crippen molar-refractivity contribution < 1.29 is 13.6 Å². The summed E-state index contributed by atoms with van der Waals surface area (Å²) in [5.41, 5.74) is 0.260. The molecule has 7 nitrogen and oxygen atoms in total. The van der Waals surface area contributed by atoms with Crippen LogP contribution in [-0.4, -0.2) is 21.1 Å². The minimum atomic E-state index is -0.386. The van der Waals surface area contributed by atoms with Gasteiger partial charge in [0.2, 0.25) is 11.8 Å². The molecule has 0 aromatic carbocycles. The minimum Gasteiger partial charge on any atom is -0.448 e. The second-order valence-corrected chi connectivity index (χ2v) is 4.59. The zero-order chi connectivity index (χ0) is 14.0. The van der Waals surface area contributed by atoms with Gasteiger partial charge in [0.15, 0.2) is 12.1 Å². The minimum absolute atomic E-state index is 0.155. The molecule has 0 bridgehead atoms. The smallest absolute Gasteiger partial charge is 0.274 e. The predicted octanol–water partition coefficient (Wildman–Crippen LogP) is 1.98. The van der Waals surface area contributed by atoms with E-state index in [2.05, 4.69) is 20.5 Å². The molecule has 19 heavy (non-hydrogen) atoms. The number of amides is 1. The molecular formula is C12H16N4O3. The normalized spacial score (nSPS) is 12.7. The van der Waals surface area contributed by atoms with Crippen molar-refractivity contribution in [1.29, 1.82) is 0 Å². The van der Waals surface area contributed by atoms with E-state index in [-0.39, 0.29) is 23.6 Å². The Morgan fingerprint density at radius 2 is 1.95 bits per heavy atom. The molecule has 0 saturated carbocycles. The lowest BCUT2D eigenvalue weighted by molar-refractivity contribution is 0.0928. The van der Waals surface area contributed by atoms with Crippen molar-refractivity contribution in [3.05, 3.63) is 29.6 Å². The second kappa shape index (κ2) is 5.21. The van der Waals surface area contributed by atoms with Gasteiger partial charge >= 0.3 is 0 Å². The Labute approximate surface area is 110 Å². The number of oxazole rings is 1. The lowest BCUT2D eigenvalue weighted by Gasteiger charge is -2.08. The molecule has 7 heteroatoms. The molecule has 102 valence electrons. The highest BCUT2D eigenvalue weighted by Gasteiger charge is 2.20.